The van der Waals surface area contributed by atoms with Crippen LogP contribution in [0.4, 0.5) is 0 Å². The average Bonchev–Trinajstić information content (AvgIpc) is 2.61. The third kappa shape index (κ3) is 4.22. The van der Waals surface area contributed by atoms with Crippen molar-refractivity contribution in [2.24, 2.45) is 5.73 Å². The molecule has 1 heterocycles. The fourth-order valence-corrected chi connectivity index (χ4v) is 1.61. The highest BCUT2D eigenvalue weighted by Gasteiger charge is 2.16. The number of aromatic nitrogens is 2. The van der Waals surface area contributed by atoms with Gasteiger partial charge in [-0.05, 0) is 6.42 Å². The van der Waals surface area contributed by atoms with Gasteiger partial charge in [0.05, 0.1) is 11.8 Å². The van der Waals surface area contributed by atoms with E-state index < -0.39 is 0 Å². The molecule has 0 aliphatic carbocycles. The zero-order chi connectivity index (χ0) is 11.5. The van der Waals surface area contributed by atoms with Crippen molar-refractivity contribution in [3.8, 4) is 0 Å². The normalized spacial score (nSPS) is 14.2. The molecule has 0 radical (unpaired) electrons. The van der Waals surface area contributed by atoms with Gasteiger partial charge in [0.1, 0.15) is 0 Å². The van der Waals surface area contributed by atoms with E-state index in [1.165, 1.54) is 0 Å². The summed E-state index contributed by atoms with van der Waals surface area (Å²) < 4.78 is 5.30. The van der Waals surface area contributed by atoms with E-state index in [0.29, 0.717) is 5.89 Å². The first-order valence-corrected chi connectivity index (χ1v) is 6.13. The standard InChI is InChI=1S/C10H19N3OS/c1-5-7(11)9-12-8(13-14-9)6-15-10(2,3)4/h7H,5-6,11H2,1-4H3. The molecule has 0 amide bonds. The van der Waals surface area contributed by atoms with Crippen LogP contribution in [0.5, 0.6) is 0 Å². The summed E-state index contributed by atoms with van der Waals surface area (Å²) in [6.45, 7) is 8.49. The number of hydrogen-bond acceptors (Lipinski definition) is 5. The summed E-state index contributed by atoms with van der Waals surface area (Å²) in [7, 11) is 0. The number of nitrogens with two attached hydrogens (primary N) is 1. The topological polar surface area (TPSA) is 64.9 Å². The summed E-state index contributed by atoms with van der Waals surface area (Å²) in [5, 5.41) is 3.90. The van der Waals surface area contributed by atoms with Crippen LogP contribution in [-0.4, -0.2) is 14.9 Å². The second-order valence-corrected chi connectivity index (χ2v) is 6.27. The zero-order valence-electron chi connectivity index (χ0n) is 9.78. The zero-order valence-corrected chi connectivity index (χ0v) is 10.6. The van der Waals surface area contributed by atoms with Gasteiger partial charge in [0.25, 0.3) is 0 Å². The van der Waals surface area contributed by atoms with Crippen LogP contribution in [0.15, 0.2) is 4.52 Å². The molecule has 0 aliphatic rings. The Morgan fingerprint density at radius 3 is 2.67 bits per heavy atom. The first-order chi connectivity index (χ1) is 6.92. The van der Waals surface area contributed by atoms with E-state index in [0.717, 1.165) is 18.0 Å². The minimum absolute atomic E-state index is 0.133. The Morgan fingerprint density at radius 2 is 2.13 bits per heavy atom. The highest BCUT2D eigenvalue weighted by Crippen LogP contribution is 2.26. The first-order valence-electron chi connectivity index (χ1n) is 5.14. The molecule has 0 bridgehead atoms. The van der Waals surface area contributed by atoms with Crippen LogP contribution >= 0.6 is 11.8 Å². The molecule has 1 rings (SSSR count). The molecule has 4 nitrogen and oxygen atoms in total. The molecule has 5 heteroatoms. The maximum absolute atomic E-state index is 5.79. The molecular weight excluding hydrogens is 210 g/mol. The van der Waals surface area contributed by atoms with E-state index in [1.807, 2.05) is 6.92 Å². The molecule has 15 heavy (non-hydrogen) atoms. The van der Waals surface area contributed by atoms with Crippen LogP contribution in [0.3, 0.4) is 0 Å². The summed E-state index contributed by atoms with van der Waals surface area (Å²) in [6.07, 6.45) is 0.814. The number of nitrogens with zero attached hydrogens (tertiary/aromatic N) is 2. The molecule has 0 aromatic carbocycles. The molecule has 0 saturated heterocycles. The van der Waals surface area contributed by atoms with Gasteiger partial charge in [0.2, 0.25) is 5.89 Å². The molecule has 1 atom stereocenters. The Bertz CT molecular complexity index is 306. The predicted molar refractivity (Wildman–Crippen MR) is 62.6 cm³/mol. The van der Waals surface area contributed by atoms with Crippen LogP contribution in [-0.2, 0) is 5.75 Å². The van der Waals surface area contributed by atoms with Gasteiger partial charge in [0.15, 0.2) is 5.82 Å². The lowest BCUT2D eigenvalue weighted by Crippen LogP contribution is -2.09. The lowest BCUT2D eigenvalue weighted by molar-refractivity contribution is 0.349. The molecule has 1 aromatic rings. The quantitative estimate of drug-likeness (QED) is 0.859. The van der Waals surface area contributed by atoms with Crippen molar-refractivity contribution >= 4 is 11.8 Å². The van der Waals surface area contributed by atoms with Gasteiger partial charge in [-0.25, -0.2) is 0 Å². The van der Waals surface area contributed by atoms with Gasteiger partial charge in [-0.2, -0.15) is 4.98 Å². The number of thioether (sulfide) groups is 1. The summed E-state index contributed by atoms with van der Waals surface area (Å²) in [4.78, 5) is 4.26. The molecule has 1 aromatic heterocycles. The Kier molecular flexibility index (Phi) is 4.16. The number of rotatable bonds is 4. The minimum Gasteiger partial charge on any atom is -0.338 e. The fraction of sp³-hybridized carbons (Fsp3) is 0.800. The molecule has 0 saturated carbocycles. The van der Waals surface area contributed by atoms with E-state index in [-0.39, 0.29) is 10.8 Å². The van der Waals surface area contributed by atoms with Gasteiger partial charge < -0.3 is 10.3 Å². The van der Waals surface area contributed by atoms with Crippen molar-refractivity contribution in [2.45, 2.75) is 50.7 Å². The molecule has 1 unspecified atom stereocenters. The van der Waals surface area contributed by atoms with Crippen molar-refractivity contribution in [3.63, 3.8) is 0 Å². The van der Waals surface area contributed by atoms with E-state index in [2.05, 4.69) is 30.9 Å². The Hall–Kier alpha value is -0.550. The van der Waals surface area contributed by atoms with Crippen LogP contribution in [0, 0.1) is 0 Å². The predicted octanol–water partition coefficient (Wildman–Crippen LogP) is 2.51. The van der Waals surface area contributed by atoms with Crippen LogP contribution in [0.2, 0.25) is 0 Å². The monoisotopic (exact) mass is 229 g/mol. The minimum atomic E-state index is -0.133. The van der Waals surface area contributed by atoms with Crippen molar-refractivity contribution in [1.82, 2.24) is 10.1 Å². The summed E-state index contributed by atoms with van der Waals surface area (Å²) in [5.74, 6) is 2.04. The molecule has 86 valence electrons. The van der Waals surface area contributed by atoms with Gasteiger partial charge in [0, 0.05) is 4.75 Å². The highest BCUT2D eigenvalue weighted by atomic mass is 32.2. The maximum atomic E-state index is 5.79. The highest BCUT2D eigenvalue weighted by molar-refractivity contribution is 7.99. The maximum Gasteiger partial charge on any atom is 0.243 e. The molecule has 0 spiro atoms. The lowest BCUT2D eigenvalue weighted by atomic mass is 10.2. The molecule has 0 aliphatic heterocycles. The Morgan fingerprint density at radius 1 is 1.47 bits per heavy atom. The third-order valence-electron chi connectivity index (χ3n) is 1.88. The third-order valence-corrected chi connectivity index (χ3v) is 3.14. The fourth-order valence-electron chi connectivity index (χ4n) is 0.932. The Labute approximate surface area is 95.0 Å². The van der Waals surface area contributed by atoms with E-state index in [1.54, 1.807) is 11.8 Å². The van der Waals surface area contributed by atoms with Crippen LogP contribution in [0.25, 0.3) is 0 Å². The second-order valence-electron chi connectivity index (χ2n) is 4.46. The van der Waals surface area contributed by atoms with Crippen molar-refractivity contribution in [1.29, 1.82) is 0 Å². The lowest BCUT2D eigenvalue weighted by Gasteiger charge is -2.15. The van der Waals surface area contributed by atoms with Crippen LogP contribution in [0.1, 0.15) is 51.9 Å². The van der Waals surface area contributed by atoms with Gasteiger partial charge in [-0.3, -0.25) is 0 Å². The van der Waals surface area contributed by atoms with E-state index >= 15 is 0 Å². The van der Waals surface area contributed by atoms with E-state index in [9.17, 15) is 0 Å². The summed E-state index contributed by atoms with van der Waals surface area (Å²) in [6, 6.07) is -0.133. The largest absolute Gasteiger partial charge is 0.338 e. The molecule has 0 fully saturated rings. The SMILES string of the molecule is CCC(N)c1nc(CSC(C)(C)C)no1. The van der Waals surface area contributed by atoms with Crippen molar-refractivity contribution in [3.05, 3.63) is 11.7 Å². The summed E-state index contributed by atoms with van der Waals surface area (Å²) in [5.41, 5.74) is 5.79. The smallest absolute Gasteiger partial charge is 0.243 e. The first kappa shape index (κ1) is 12.5. The number of hydrogen-bond donors (Lipinski definition) is 1. The second kappa shape index (κ2) is 4.99. The van der Waals surface area contributed by atoms with Crippen molar-refractivity contribution < 1.29 is 4.52 Å². The van der Waals surface area contributed by atoms with Crippen molar-refractivity contribution in [2.75, 3.05) is 0 Å². The summed E-state index contributed by atoms with van der Waals surface area (Å²) >= 11 is 1.79. The average molecular weight is 229 g/mol. The van der Waals surface area contributed by atoms with Gasteiger partial charge in [-0.1, -0.05) is 32.9 Å². The van der Waals surface area contributed by atoms with Gasteiger partial charge >= 0.3 is 0 Å². The van der Waals surface area contributed by atoms with E-state index in [4.69, 9.17) is 10.3 Å². The molecular formula is C10H19N3OS. The Balaban J connectivity index is 2.53. The van der Waals surface area contributed by atoms with Gasteiger partial charge in [-0.15, -0.1) is 11.8 Å². The molecule has 2 N–H and O–H groups in total. The van der Waals surface area contributed by atoms with Crippen LogP contribution < -0.4 is 5.73 Å².